The third kappa shape index (κ3) is 8.84. The fraction of sp³-hybridized carbons (Fsp3) is 0.400. The molecule has 0 heterocycles. The summed E-state index contributed by atoms with van der Waals surface area (Å²) in [5, 5.41) is 24.5. The second-order valence-corrected chi connectivity index (χ2v) is 6.96. The summed E-state index contributed by atoms with van der Waals surface area (Å²) in [6.07, 6.45) is 3.23. The van der Waals surface area contributed by atoms with Gasteiger partial charge in [0.15, 0.2) is 0 Å². The molecule has 2 atom stereocenters. The van der Waals surface area contributed by atoms with Crippen LogP contribution in [0, 0.1) is 5.92 Å². The van der Waals surface area contributed by atoms with Crippen LogP contribution in [0.15, 0.2) is 52.2 Å². The van der Waals surface area contributed by atoms with E-state index in [-0.39, 0.29) is 18.0 Å². The first-order valence-corrected chi connectivity index (χ1v) is 9.44. The Kier molecular flexibility index (Phi) is 10.6. The van der Waals surface area contributed by atoms with Gasteiger partial charge in [-0.3, -0.25) is 19.6 Å². The number of nitrogens with zero attached hydrogens (tertiary/aromatic N) is 2. The molecule has 1 rings (SSSR count). The zero-order valence-corrected chi connectivity index (χ0v) is 17.1. The molecule has 0 unspecified atom stereocenters. The van der Waals surface area contributed by atoms with Crippen molar-refractivity contribution in [3.8, 4) is 0 Å². The van der Waals surface area contributed by atoms with E-state index in [1.807, 2.05) is 44.2 Å². The predicted octanol–water partition coefficient (Wildman–Crippen LogP) is 0.889. The smallest absolute Gasteiger partial charge is 0.426 e. The third-order valence-corrected chi connectivity index (χ3v) is 4.03. The van der Waals surface area contributed by atoms with Crippen LogP contribution in [0.2, 0.25) is 0 Å². The Hall–Kier alpha value is -2.78. The number of carbonyl (C=O) groups excluding carboxylic acids is 2. The van der Waals surface area contributed by atoms with Crippen LogP contribution >= 0.6 is 0 Å². The van der Waals surface area contributed by atoms with Crippen LogP contribution in [0.4, 0.5) is 0 Å². The minimum Gasteiger partial charge on any atom is -0.426 e. The van der Waals surface area contributed by atoms with E-state index in [0.717, 1.165) is 5.56 Å². The number of carbonyl (C=O) groups is 2. The molecular formula is C20H29BN4O4. The third-order valence-electron chi connectivity index (χ3n) is 4.03. The van der Waals surface area contributed by atoms with Crippen LogP contribution < -0.4 is 10.6 Å². The standard InChI is InChI=1S/C20H29BN4O4/c1-5-23-17(13-22-4)20(27)24-16(12-15-9-7-6-8-10-15)19(26)25-18(21(28)29)11-14(2)3/h5-10,13-14,16,18,28-29H,4,11-12H2,1-3H3,(H,24,27)(H,25,26)/b17-13-,23-5-/t16-,18-/m0/s1. The van der Waals surface area contributed by atoms with Gasteiger partial charge in [-0.05, 0) is 31.5 Å². The second-order valence-electron chi connectivity index (χ2n) is 6.96. The Bertz CT molecular complexity index is 735. The molecule has 0 saturated heterocycles. The summed E-state index contributed by atoms with van der Waals surface area (Å²) < 4.78 is 0. The molecule has 2 amide bonds. The summed E-state index contributed by atoms with van der Waals surface area (Å²) in [6.45, 7) is 8.79. The van der Waals surface area contributed by atoms with Crippen molar-refractivity contribution in [3.63, 3.8) is 0 Å². The Morgan fingerprint density at radius 3 is 2.38 bits per heavy atom. The number of nitrogens with one attached hydrogen (secondary N) is 2. The average molecular weight is 400 g/mol. The molecule has 1 aromatic carbocycles. The van der Waals surface area contributed by atoms with Crippen LogP contribution in [-0.4, -0.2) is 53.9 Å². The van der Waals surface area contributed by atoms with E-state index in [0.29, 0.717) is 6.42 Å². The zero-order valence-electron chi connectivity index (χ0n) is 17.1. The highest BCUT2D eigenvalue weighted by molar-refractivity contribution is 6.43. The molecule has 0 fully saturated rings. The summed E-state index contributed by atoms with van der Waals surface area (Å²) >= 11 is 0. The molecule has 1 aromatic rings. The van der Waals surface area contributed by atoms with E-state index in [2.05, 4.69) is 27.3 Å². The quantitative estimate of drug-likeness (QED) is 0.250. The number of hydrogen-bond acceptors (Lipinski definition) is 6. The first-order valence-electron chi connectivity index (χ1n) is 9.44. The highest BCUT2D eigenvalue weighted by atomic mass is 16.4. The zero-order chi connectivity index (χ0) is 21.8. The van der Waals surface area contributed by atoms with E-state index in [9.17, 15) is 19.6 Å². The molecule has 0 saturated carbocycles. The number of rotatable bonds is 11. The van der Waals surface area contributed by atoms with E-state index in [4.69, 9.17) is 0 Å². The molecule has 0 aliphatic heterocycles. The molecular weight excluding hydrogens is 371 g/mol. The van der Waals surface area contributed by atoms with Gasteiger partial charge in [0.1, 0.15) is 11.7 Å². The van der Waals surface area contributed by atoms with Crippen LogP contribution in [0.5, 0.6) is 0 Å². The molecule has 0 aliphatic carbocycles. The Morgan fingerprint density at radius 1 is 1.21 bits per heavy atom. The van der Waals surface area contributed by atoms with Gasteiger partial charge in [-0.1, -0.05) is 44.2 Å². The van der Waals surface area contributed by atoms with E-state index < -0.39 is 30.9 Å². The molecule has 0 radical (unpaired) electrons. The first kappa shape index (κ1) is 24.3. The highest BCUT2D eigenvalue weighted by Gasteiger charge is 2.30. The molecule has 156 valence electrons. The number of benzene rings is 1. The summed E-state index contributed by atoms with van der Waals surface area (Å²) in [5.74, 6) is -1.82. The van der Waals surface area contributed by atoms with Crippen molar-refractivity contribution in [2.75, 3.05) is 0 Å². The van der Waals surface area contributed by atoms with Gasteiger partial charge in [-0.15, -0.1) is 0 Å². The summed E-state index contributed by atoms with van der Waals surface area (Å²) in [5.41, 5.74) is 0.846. The van der Waals surface area contributed by atoms with Crippen molar-refractivity contribution < 1.29 is 19.6 Å². The molecule has 0 aromatic heterocycles. The number of hydrogen-bond donors (Lipinski definition) is 4. The van der Waals surface area contributed by atoms with Crippen molar-refractivity contribution in [1.82, 2.24) is 10.6 Å². The molecule has 8 nitrogen and oxygen atoms in total. The topological polar surface area (TPSA) is 123 Å². The van der Waals surface area contributed by atoms with E-state index >= 15 is 0 Å². The van der Waals surface area contributed by atoms with Crippen molar-refractivity contribution >= 4 is 31.9 Å². The summed E-state index contributed by atoms with van der Waals surface area (Å²) in [7, 11) is -1.71. The van der Waals surface area contributed by atoms with E-state index in [1.165, 1.54) is 12.4 Å². The number of aliphatic imine (C=N–C) groups is 2. The van der Waals surface area contributed by atoms with Gasteiger partial charge < -0.3 is 20.7 Å². The number of amides is 2. The monoisotopic (exact) mass is 400 g/mol. The van der Waals surface area contributed by atoms with Crippen molar-refractivity contribution in [2.24, 2.45) is 15.9 Å². The molecule has 4 N–H and O–H groups in total. The van der Waals surface area contributed by atoms with Crippen molar-refractivity contribution in [1.29, 1.82) is 0 Å². The largest absolute Gasteiger partial charge is 0.475 e. The predicted molar refractivity (Wildman–Crippen MR) is 115 cm³/mol. The van der Waals surface area contributed by atoms with Crippen LogP contribution in [0.3, 0.4) is 0 Å². The van der Waals surface area contributed by atoms with Gasteiger partial charge in [-0.25, -0.2) is 0 Å². The lowest BCUT2D eigenvalue weighted by molar-refractivity contribution is -0.127. The normalized spacial score (nSPS) is 13.8. The minimum atomic E-state index is -1.71. The summed E-state index contributed by atoms with van der Waals surface area (Å²) in [6, 6.07) is 8.25. The maximum Gasteiger partial charge on any atom is 0.475 e. The minimum absolute atomic E-state index is 0.00860. The van der Waals surface area contributed by atoms with Gasteiger partial charge in [0.2, 0.25) is 5.91 Å². The van der Waals surface area contributed by atoms with Crippen LogP contribution in [0.25, 0.3) is 0 Å². The lowest BCUT2D eigenvalue weighted by Gasteiger charge is -2.24. The van der Waals surface area contributed by atoms with Crippen molar-refractivity contribution in [3.05, 3.63) is 47.8 Å². The second kappa shape index (κ2) is 12.6. The van der Waals surface area contributed by atoms with E-state index in [1.54, 1.807) is 6.92 Å². The van der Waals surface area contributed by atoms with Gasteiger partial charge in [-0.2, -0.15) is 0 Å². The molecule has 0 bridgehead atoms. The first-order chi connectivity index (χ1) is 13.8. The SMILES string of the molecule is C=N/C=C(\N=C/C)C(=O)N[C@@H](Cc1ccccc1)C(=O)N[C@@H](CC(C)C)B(O)O. The highest BCUT2D eigenvalue weighted by Crippen LogP contribution is 2.09. The Balaban J connectivity index is 3.06. The van der Waals surface area contributed by atoms with Gasteiger partial charge >= 0.3 is 7.12 Å². The lowest BCUT2D eigenvalue weighted by atomic mass is 9.75. The molecule has 0 spiro atoms. The maximum atomic E-state index is 12.9. The molecule has 0 aliphatic rings. The molecule has 29 heavy (non-hydrogen) atoms. The van der Waals surface area contributed by atoms with Crippen molar-refractivity contribution in [2.45, 2.75) is 45.6 Å². The Labute approximate surface area is 172 Å². The lowest BCUT2D eigenvalue weighted by Crippen LogP contribution is -2.55. The summed E-state index contributed by atoms with van der Waals surface area (Å²) in [4.78, 5) is 32.9. The van der Waals surface area contributed by atoms with Gasteiger partial charge in [0, 0.05) is 12.6 Å². The van der Waals surface area contributed by atoms with Gasteiger partial charge in [0.05, 0.1) is 12.1 Å². The van der Waals surface area contributed by atoms with Crippen LogP contribution in [-0.2, 0) is 16.0 Å². The van der Waals surface area contributed by atoms with Gasteiger partial charge in [0.25, 0.3) is 5.91 Å². The average Bonchev–Trinajstić information content (AvgIpc) is 2.67. The molecule has 9 heteroatoms. The fourth-order valence-corrected chi connectivity index (χ4v) is 2.71. The maximum absolute atomic E-state index is 12.9. The fourth-order valence-electron chi connectivity index (χ4n) is 2.71. The van der Waals surface area contributed by atoms with Crippen LogP contribution in [0.1, 0.15) is 32.8 Å². The Morgan fingerprint density at radius 2 is 1.86 bits per heavy atom.